The summed E-state index contributed by atoms with van der Waals surface area (Å²) in [6, 6.07) is 6.02. The van der Waals surface area contributed by atoms with E-state index in [1.165, 1.54) is 48.1 Å². The van der Waals surface area contributed by atoms with E-state index in [1.54, 1.807) is 6.20 Å². The number of aromatic nitrogens is 1. The normalized spacial score (nSPS) is 26.2. The van der Waals surface area contributed by atoms with Crippen molar-refractivity contribution in [2.45, 2.75) is 110 Å². The van der Waals surface area contributed by atoms with Crippen LogP contribution in [0.4, 0.5) is 9.93 Å². The van der Waals surface area contributed by atoms with Gasteiger partial charge < -0.3 is 14.8 Å². The van der Waals surface area contributed by atoms with Gasteiger partial charge in [0.2, 0.25) is 5.91 Å². The number of benzene rings is 1. The van der Waals surface area contributed by atoms with Crippen molar-refractivity contribution in [2.75, 3.05) is 11.9 Å². The van der Waals surface area contributed by atoms with E-state index >= 15 is 0 Å². The smallest absolute Gasteiger partial charge is 0.434 e. The van der Waals surface area contributed by atoms with Crippen LogP contribution < -0.4 is 10.1 Å². The number of hydrogen-bond donors (Lipinski definition) is 1. The van der Waals surface area contributed by atoms with Crippen molar-refractivity contribution >= 4 is 34.3 Å². The van der Waals surface area contributed by atoms with Crippen molar-refractivity contribution in [1.82, 2.24) is 4.98 Å². The number of thiazole rings is 1. The maximum absolute atomic E-state index is 13.3. The molecule has 228 valence electrons. The number of aryl methyl sites for hydroxylation is 2. The molecule has 1 heterocycles. The van der Waals surface area contributed by atoms with Crippen LogP contribution in [0.25, 0.3) is 0 Å². The Kier molecular flexibility index (Phi) is 10.0. The minimum absolute atomic E-state index is 0.0234. The molecule has 0 saturated heterocycles. The van der Waals surface area contributed by atoms with E-state index < -0.39 is 6.16 Å². The maximum Gasteiger partial charge on any atom is 0.513 e. The summed E-state index contributed by atoms with van der Waals surface area (Å²) in [6.07, 6.45) is 13.5. The van der Waals surface area contributed by atoms with E-state index in [9.17, 15) is 14.4 Å². The molecule has 3 aliphatic carbocycles. The van der Waals surface area contributed by atoms with Crippen LogP contribution in [0.5, 0.6) is 5.75 Å². The Bertz CT molecular complexity index is 1270. The summed E-state index contributed by atoms with van der Waals surface area (Å²) < 4.78 is 10.8. The molecule has 3 aliphatic rings. The number of nitrogens with one attached hydrogen (secondary N) is 1. The van der Waals surface area contributed by atoms with Gasteiger partial charge in [0.25, 0.3) is 0 Å². The molecule has 5 unspecified atom stereocenters. The van der Waals surface area contributed by atoms with E-state index in [0.717, 1.165) is 49.8 Å². The van der Waals surface area contributed by atoms with Gasteiger partial charge in [-0.25, -0.2) is 9.78 Å². The number of unbranched alkanes of at least 4 members (excludes halogenated alkanes) is 5. The van der Waals surface area contributed by atoms with Crippen LogP contribution in [0.2, 0.25) is 0 Å². The summed E-state index contributed by atoms with van der Waals surface area (Å²) in [7, 11) is 0. The Morgan fingerprint density at radius 2 is 1.95 bits per heavy atom. The van der Waals surface area contributed by atoms with Crippen LogP contribution in [-0.2, 0) is 20.7 Å². The summed E-state index contributed by atoms with van der Waals surface area (Å²) >= 11 is 1.48. The first-order valence-electron chi connectivity index (χ1n) is 16.0. The van der Waals surface area contributed by atoms with Gasteiger partial charge in [-0.2, -0.15) is 0 Å². The van der Waals surface area contributed by atoms with Gasteiger partial charge in [-0.1, -0.05) is 52.0 Å². The first-order chi connectivity index (χ1) is 20.3. The fourth-order valence-electron chi connectivity index (χ4n) is 8.02. The molecular weight excluding hydrogens is 548 g/mol. The fourth-order valence-corrected chi connectivity index (χ4v) is 8.70. The van der Waals surface area contributed by atoms with Gasteiger partial charge in [-0.3, -0.25) is 9.59 Å². The highest BCUT2D eigenvalue weighted by Crippen LogP contribution is 2.62. The standard InChI is InChI=1S/C34H46N2O5S/c1-4-5-6-7-8-9-18-40-33(39)41-25-12-14-26-23(19-25)10-13-28-27(26)16-17-34(3)29(37)20-24(31(28)34)11-15-30(38)36-32-35-21-22(2)42-32/h12,14,19,21,24,27-28,31H,4-11,13,15-18,20H2,1-3H3,(H,35,36,38). The number of hydrogen-bond acceptors (Lipinski definition) is 7. The van der Waals surface area contributed by atoms with Crippen LogP contribution in [-0.4, -0.2) is 29.4 Å². The first-order valence-corrected chi connectivity index (χ1v) is 16.8. The predicted octanol–water partition coefficient (Wildman–Crippen LogP) is 8.40. The molecule has 1 aromatic heterocycles. The van der Waals surface area contributed by atoms with Crippen LogP contribution in [0.3, 0.4) is 0 Å². The number of anilines is 1. The molecule has 5 rings (SSSR count). The molecule has 1 amide bonds. The molecule has 2 fully saturated rings. The molecule has 0 bridgehead atoms. The lowest BCUT2D eigenvalue weighted by molar-refractivity contribution is -0.129. The van der Waals surface area contributed by atoms with E-state index in [4.69, 9.17) is 9.47 Å². The highest BCUT2D eigenvalue weighted by molar-refractivity contribution is 7.15. The van der Waals surface area contributed by atoms with Crippen molar-refractivity contribution in [2.24, 2.45) is 23.2 Å². The van der Waals surface area contributed by atoms with E-state index in [1.807, 2.05) is 19.1 Å². The van der Waals surface area contributed by atoms with Gasteiger partial charge in [0.1, 0.15) is 11.5 Å². The van der Waals surface area contributed by atoms with Crippen LogP contribution in [0.15, 0.2) is 24.4 Å². The summed E-state index contributed by atoms with van der Waals surface area (Å²) in [5.41, 5.74) is 2.27. The van der Waals surface area contributed by atoms with Crippen molar-refractivity contribution in [3.8, 4) is 5.75 Å². The molecule has 8 heteroatoms. The van der Waals surface area contributed by atoms with Crippen LogP contribution >= 0.6 is 11.3 Å². The third-order valence-corrected chi connectivity index (χ3v) is 10.9. The van der Waals surface area contributed by atoms with Crippen molar-refractivity contribution in [3.05, 3.63) is 40.4 Å². The van der Waals surface area contributed by atoms with Crippen LogP contribution in [0, 0.1) is 30.1 Å². The lowest BCUT2D eigenvalue weighted by Gasteiger charge is -2.50. The van der Waals surface area contributed by atoms with Gasteiger partial charge in [0.05, 0.1) is 6.61 Å². The minimum Gasteiger partial charge on any atom is -0.434 e. The van der Waals surface area contributed by atoms with E-state index in [2.05, 4.69) is 30.2 Å². The molecule has 5 atom stereocenters. The van der Waals surface area contributed by atoms with Crippen molar-refractivity contribution < 1.29 is 23.9 Å². The highest BCUT2D eigenvalue weighted by atomic mass is 32.1. The highest BCUT2D eigenvalue weighted by Gasteiger charge is 2.58. The summed E-state index contributed by atoms with van der Waals surface area (Å²) in [5.74, 6) is 2.22. The number of rotatable bonds is 12. The number of ether oxygens (including phenoxy) is 2. The first kappa shape index (κ1) is 30.7. The molecule has 0 radical (unpaired) electrons. The molecule has 7 nitrogen and oxygen atoms in total. The molecule has 0 spiro atoms. The van der Waals surface area contributed by atoms with E-state index in [0.29, 0.717) is 53.9 Å². The molecule has 42 heavy (non-hydrogen) atoms. The average molecular weight is 595 g/mol. The average Bonchev–Trinajstić information content (AvgIpc) is 3.49. The topological polar surface area (TPSA) is 94.6 Å². The Balaban J connectivity index is 1.18. The number of carbonyl (C=O) groups excluding carboxylic acids is 3. The molecule has 2 aromatic rings. The Hall–Kier alpha value is -2.74. The molecule has 2 saturated carbocycles. The predicted molar refractivity (Wildman–Crippen MR) is 165 cm³/mol. The Morgan fingerprint density at radius 3 is 2.74 bits per heavy atom. The monoisotopic (exact) mass is 594 g/mol. The summed E-state index contributed by atoms with van der Waals surface area (Å²) in [6.45, 7) is 6.75. The van der Waals surface area contributed by atoms with Gasteiger partial charge >= 0.3 is 6.16 Å². The third kappa shape index (κ3) is 6.90. The van der Waals surface area contributed by atoms with E-state index in [-0.39, 0.29) is 17.2 Å². The maximum atomic E-state index is 13.3. The molecule has 1 aromatic carbocycles. The van der Waals surface area contributed by atoms with Gasteiger partial charge in [-0.05, 0) is 92.4 Å². The fraction of sp³-hybridized carbons (Fsp3) is 0.647. The zero-order valence-electron chi connectivity index (χ0n) is 25.4. The van der Waals surface area contributed by atoms with Crippen LogP contribution in [0.1, 0.15) is 113 Å². The minimum atomic E-state index is -0.632. The number of amides is 1. The summed E-state index contributed by atoms with van der Waals surface area (Å²) in [4.78, 5) is 43.6. The van der Waals surface area contributed by atoms with Crippen molar-refractivity contribution in [1.29, 1.82) is 0 Å². The third-order valence-electron chi connectivity index (χ3n) is 10.1. The SMILES string of the molecule is CCCCCCCCOC(=O)Oc1ccc2c(c1)CCC1C2CCC2(C)C(=O)CC(CCC(=O)Nc3ncc(C)s3)C12. The number of nitrogens with zero attached hydrogens (tertiary/aromatic N) is 1. The second kappa shape index (κ2) is 13.7. The largest absolute Gasteiger partial charge is 0.513 e. The zero-order chi connectivity index (χ0) is 29.7. The van der Waals surface area contributed by atoms with Gasteiger partial charge in [-0.15, -0.1) is 11.3 Å². The number of ketones is 1. The molecule has 1 N–H and O–H groups in total. The number of fused-ring (bicyclic) bond motifs is 5. The van der Waals surface area contributed by atoms with Crippen molar-refractivity contribution in [3.63, 3.8) is 0 Å². The lowest BCUT2D eigenvalue weighted by atomic mass is 9.54. The zero-order valence-corrected chi connectivity index (χ0v) is 26.2. The number of carbonyl (C=O) groups is 3. The van der Waals surface area contributed by atoms with Gasteiger partial charge in [0, 0.05) is 29.3 Å². The Morgan fingerprint density at radius 1 is 1.14 bits per heavy atom. The Labute approximate surface area is 254 Å². The van der Waals surface area contributed by atoms with Gasteiger partial charge in [0.15, 0.2) is 5.13 Å². The quantitative estimate of drug-likeness (QED) is 0.151. The molecular formula is C34H46N2O5S. The number of Topliss-reactive ketones (excluding diaryl/α,β-unsaturated/α-hetero) is 1. The lowest BCUT2D eigenvalue weighted by Crippen LogP contribution is -2.44. The second-order valence-electron chi connectivity index (χ2n) is 12.9. The summed E-state index contributed by atoms with van der Waals surface area (Å²) in [5, 5.41) is 3.57. The molecule has 0 aliphatic heterocycles. The second-order valence-corrected chi connectivity index (χ2v) is 14.1.